The van der Waals surface area contributed by atoms with Gasteiger partial charge in [-0.2, -0.15) is 0 Å². The molecule has 2 aromatic rings. The normalized spacial score (nSPS) is 13.9. The van der Waals surface area contributed by atoms with Crippen LogP contribution in [0.1, 0.15) is 33.8 Å². The van der Waals surface area contributed by atoms with Gasteiger partial charge < -0.3 is 4.74 Å². The lowest BCUT2D eigenvalue weighted by atomic mass is 10.0. The van der Waals surface area contributed by atoms with Crippen molar-refractivity contribution in [3.63, 3.8) is 0 Å². The average Bonchev–Trinajstić information content (AvgIpc) is 3.00. The summed E-state index contributed by atoms with van der Waals surface area (Å²) in [4.78, 5) is 18.0. The first kappa shape index (κ1) is 13.1. The highest BCUT2D eigenvalue weighted by Crippen LogP contribution is 2.30. The minimum Gasteiger partial charge on any atom is -0.479 e. The number of carbonyl (C=O) groups excluding carboxylic acids is 1. The Labute approximate surface area is 120 Å². The summed E-state index contributed by atoms with van der Waals surface area (Å²) in [5, 5.41) is 7.57. The van der Waals surface area contributed by atoms with Crippen LogP contribution in [0.5, 0.6) is 5.88 Å². The Bertz CT molecular complexity index is 623. The van der Waals surface area contributed by atoms with Gasteiger partial charge in [0, 0.05) is 18.1 Å². The molecule has 0 aliphatic heterocycles. The van der Waals surface area contributed by atoms with E-state index in [4.69, 9.17) is 4.74 Å². The van der Waals surface area contributed by atoms with Crippen molar-refractivity contribution in [2.45, 2.75) is 25.7 Å². The van der Waals surface area contributed by atoms with Crippen LogP contribution < -0.4 is 10.1 Å². The van der Waals surface area contributed by atoms with E-state index in [1.807, 2.05) is 0 Å². The van der Waals surface area contributed by atoms with E-state index >= 15 is 0 Å². The van der Waals surface area contributed by atoms with Crippen LogP contribution in [0, 0.1) is 0 Å². The number of nitrogens with zero attached hydrogens (tertiary/aromatic N) is 3. The molecule has 1 amide bonds. The van der Waals surface area contributed by atoms with Gasteiger partial charge in [0.15, 0.2) is 5.13 Å². The minimum absolute atomic E-state index is 0.235. The predicted octanol–water partition coefficient (Wildman–Crippen LogP) is 2.02. The largest absolute Gasteiger partial charge is 0.479 e. The smallest absolute Gasteiger partial charge is 0.264 e. The molecular formula is C13H16N4O2S. The summed E-state index contributed by atoms with van der Waals surface area (Å²) >= 11 is 1.57. The Morgan fingerprint density at radius 2 is 2.25 bits per heavy atom. The third-order valence-electron chi connectivity index (χ3n) is 3.30. The number of hydrogen-bond acceptors (Lipinski definition) is 5. The number of ether oxygens (including phenoxy) is 1. The lowest BCUT2D eigenvalue weighted by molar-refractivity contribution is 0.102. The van der Waals surface area contributed by atoms with E-state index in [2.05, 4.69) is 15.4 Å². The number of nitrogens with one attached hydrogen (secondary N) is 1. The summed E-state index contributed by atoms with van der Waals surface area (Å²) in [7, 11) is 3.25. The number of hydrogen-bond donors (Lipinski definition) is 1. The fourth-order valence-electron chi connectivity index (χ4n) is 2.34. The van der Waals surface area contributed by atoms with Gasteiger partial charge in [-0.25, -0.2) is 4.98 Å². The second-order valence-corrected chi connectivity index (χ2v) is 5.86. The first-order chi connectivity index (χ1) is 9.67. The van der Waals surface area contributed by atoms with E-state index in [9.17, 15) is 4.79 Å². The molecule has 0 radical (unpaired) electrons. The van der Waals surface area contributed by atoms with Gasteiger partial charge in [-0.05, 0) is 25.7 Å². The highest BCUT2D eigenvalue weighted by atomic mass is 32.1. The number of anilines is 1. The molecule has 2 heterocycles. The summed E-state index contributed by atoms with van der Waals surface area (Å²) in [5.74, 6) is 0.0902. The van der Waals surface area contributed by atoms with Gasteiger partial charge in [-0.15, -0.1) is 16.4 Å². The fourth-order valence-corrected chi connectivity index (χ4v) is 3.39. The Morgan fingerprint density at radius 1 is 1.45 bits per heavy atom. The molecule has 1 aliphatic rings. The molecule has 6 nitrogen and oxygen atoms in total. The fraction of sp³-hybridized carbons (Fsp3) is 0.462. The zero-order chi connectivity index (χ0) is 14.1. The van der Waals surface area contributed by atoms with Crippen LogP contribution in [0.25, 0.3) is 0 Å². The molecule has 20 heavy (non-hydrogen) atoms. The van der Waals surface area contributed by atoms with Crippen molar-refractivity contribution in [3.8, 4) is 5.88 Å². The molecule has 7 heteroatoms. The summed E-state index contributed by atoms with van der Waals surface area (Å²) in [6.07, 6.45) is 6.11. The maximum Gasteiger partial charge on any atom is 0.264 e. The van der Waals surface area contributed by atoms with Crippen LogP contribution in [-0.4, -0.2) is 27.8 Å². The van der Waals surface area contributed by atoms with Gasteiger partial charge in [0.1, 0.15) is 5.56 Å². The van der Waals surface area contributed by atoms with E-state index in [0.717, 1.165) is 18.5 Å². The number of carbonyl (C=O) groups is 1. The standard InChI is InChI=1S/C13H16N4O2S/c1-17-7-8(12(16-17)19-2)11(18)15-13-14-9-5-3-4-6-10(9)20-13/h7H,3-6H2,1-2H3,(H,14,15,18). The molecule has 0 atom stereocenters. The third kappa shape index (κ3) is 2.40. The lowest BCUT2D eigenvalue weighted by Crippen LogP contribution is -2.12. The van der Waals surface area contributed by atoms with Gasteiger partial charge in [0.2, 0.25) is 5.88 Å². The molecule has 3 rings (SSSR count). The minimum atomic E-state index is -0.235. The number of methoxy groups -OCH3 is 1. The first-order valence-electron chi connectivity index (χ1n) is 6.55. The van der Waals surface area contributed by atoms with Crippen molar-refractivity contribution < 1.29 is 9.53 Å². The second kappa shape index (κ2) is 5.24. The topological polar surface area (TPSA) is 69.0 Å². The van der Waals surface area contributed by atoms with E-state index in [-0.39, 0.29) is 5.91 Å². The summed E-state index contributed by atoms with van der Waals surface area (Å²) in [6.45, 7) is 0. The highest BCUT2D eigenvalue weighted by Gasteiger charge is 2.20. The molecule has 0 bridgehead atoms. The molecule has 1 aliphatic carbocycles. The molecule has 0 saturated heterocycles. The third-order valence-corrected chi connectivity index (χ3v) is 4.37. The van der Waals surface area contributed by atoms with Crippen LogP contribution in [0.2, 0.25) is 0 Å². The van der Waals surface area contributed by atoms with Crippen molar-refractivity contribution in [3.05, 3.63) is 22.3 Å². The van der Waals surface area contributed by atoms with Gasteiger partial charge >= 0.3 is 0 Å². The van der Waals surface area contributed by atoms with Gasteiger partial charge in [0.05, 0.1) is 12.8 Å². The highest BCUT2D eigenvalue weighted by molar-refractivity contribution is 7.15. The van der Waals surface area contributed by atoms with Crippen molar-refractivity contribution >= 4 is 22.4 Å². The van der Waals surface area contributed by atoms with Gasteiger partial charge in [0.25, 0.3) is 5.91 Å². The SMILES string of the molecule is COc1nn(C)cc1C(=O)Nc1nc2c(s1)CCCC2. The summed E-state index contributed by atoms with van der Waals surface area (Å²) < 4.78 is 6.65. The number of fused-ring (bicyclic) bond motifs is 1. The summed E-state index contributed by atoms with van der Waals surface area (Å²) in [6, 6.07) is 0. The van der Waals surface area contributed by atoms with E-state index in [1.54, 1.807) is 29.3 Å². The monoisotopic (exact) mass is 292 g/mol. The molecule has 2 aromatic heterocycles. The maximum atomic E-state index is 12.2. The average molecular weight is 292 g/mol. The van der Waals surface area contributed by atoms with Crippen molar-refractivity contribution in [1.82, 2.24) is 14.8 Å². The number of thiazole rings is 1. The molecule has 0 unspecified atom stereocenters. The zero-order valence-electron chi connectivity index (χ0n) is 11.5. The Morgan fingerprint density at radius 3 is 3.00 bits per heavy atom. The van der Waals surface area contributed by atoms with Crippen molar-refractivity contribution in [1.29, 1.82) is 0 Å². The van der Waals surface area contributed by atoms with Gasteiger partial charge in [-0.1, -0.05) is 0 Å². The van der Waals surface area contributed by atoms with Crippen LogP contribution >= 0.6 is 11.3 Å². The van der Waals surface area contributed by atoms with Crippen LogP contribution in [0.15, 0.2) is 6.20 Å². The van der Waals surface area contributed by atoms with Crippen LogP contribution in [0.3, 0.4) is 0 Å². The summed E-state index contributed by atoms with van der Waals surface area (Å²) in [5.41, 5.74) is 1.55. The molecule has 0 saturated carbocycles. The van der Waals surface area contributed by atoms with Gasteiger partial charge in [-0.3, -0.25) is 14.8 Å². The molecule has 0 fully saturated rings. The van der Waals surface area contributed by atoms with Crippen LogP contribution in [0.4, 0.5) is 5.13 Å². The molecule has 0 spiro atoms. The number of rotatable bonds is 3. The van der Waals surface area contributed by atoms with Crippen LogP contribution in [-0.2, 0) is 19.9 Å². The quantitative estimate of drug-likeness (QED) is 0.939. The van der Waals surface area contributed by atoms with Crippen molar-refractivity contribution in [2.75, 3.05) is 12.4 Å². The zero-order valence-corrected chi connectivity index (χ0v) is 12.3. The molecular weight excluding hydrogens is 276 g/mol. The Hall–Kier alpha value is -1.89. The number of aryl methyl sites for hydroxylation is 3. The second-order valence-electron chi connectivity index (χ2n) is 4.78. The number of amides is 1. The predicted molar refractivity (Wildman–Crippen MR) is 76.5 cm³/mol. The molecule has 0 aromatic carbocycles. The van der Waals surface area contributed by atoms with E-state index in [0.29, 0.717) is 16.6 Å². The van der Waals surface area contributed by atoms with Crippen molar-refractivity contribution in [2.24, 2.45) is 7.05 Å². The van der Waals surface area contributed by atoms with E-state index in [1.165, 1.54) is 24.8 Å². The van der Waals surface area contributed by atoms with E-state index < -0.39 is 0 Å². The Kier molecular flexibility index (Phi) is 3.43. The number of aromatic nitrogens is 3. The maximum absolute atomic E-state index is 12.2. The lowest BCUT2D eigenvalue weighted by Gasteiger charge is -2.06. The molecule has 1 N–H and O–H groups in total. The molecule has 106 valence electrons. The first-order valence-corrected chi connectivity index (χ1v) is 7.36. The Balaban J connectivity index is 1.80.